The van der Waals surface area contributed by atoms with E-state index < -0.39 is 0 Å². The molecule has 168 valence electrons. The van der Waals surface area contributed by atoms with Crippen molar-refractivity contribution in [1.82, 2.24) is 15.5 Å². The molecule has 5 fully saturated rings. The highest BCUT2D eigenvalue weighted by Gasteiger charge is 2.50. The predicted octanol–water partition coefficient (Wildman–Crippen LogP) is 2.56. The third kappa shape index (κ3) is 4.05. The maximum atomic E-state index is 13.0. The van der Waals surface area contributed by atoms with Crippen LogP contribution < -0.4 is 20.1 Å². The number of rotatable bonds is 5. The number of ether oxygens (including phenoxy) is 2. The smallest absolute Gasteiger partial charge is 0.238 e. The van der Waals surface area contributed by atoms with Crippen molar-refractivity contribution in [2.75, 3.05) is 39.4 Å². The van der Waals surface area contributed by atoms with Crippen molar-refractivity contribution >= 4 is 5.91 Å². The molecule has 1 amide bonds. The Morgan fingerprint density at radius 2 is 1.77 bits per heavy atom. The molecule has 0 aromatic heterocycles. The molecule has 4 bridgehead atoms. The molecule has 6 heteroatoms. The van der Waals surface area contributed by atoms with Gasteiger partial charge in [-0.15, -0.1) is 0 Å². The highest BCUT2D eigenvalue weighted by molar-refractivity contribution is 5.82. The first-order chi connectivity index (χ1) is 15.1. The lowest BCUT2D eigenvalue weighted by Gasteiger charge is -2.57. The lowest BCUT2D eigenvalue weighted by atomic mass is 9.49. The average Bonchev–Trinajstić information content (AvgIpc) is 2.77. The standard InChI is InChI=1S/C25H35N3O3/c29-24(27-16-25-11-18-7-19(12-25)9-20(8-18)13-25)21-15-28(4-3-26-21)14-17-1-2-22-23(10-17)31-6-5-30-22/h1-2,10,18-21,26H,3-9,11-16H2,(H,27,29). The van der Waals surface area contributed by atoms with Gasteiger partial charge in [0.2, 0.25) is 5.91 Å². The van der Waals surface area contributed by atoms with Gasteiger partial charge in [0, 0.05) is 32.7 Å². The fourth-order valence-corrected chi connectivity index (χ4v) is 7.48. The highest BCUT2D eigenvalue weighted by atomic mass is 16.6. The fraction of sp³-hybridized carbons (Fsp3) is 0.720. The Labute approximate surface area is 185 Å². The van der Waals surface area contributed by atoms with E-state index in [1.807, 2.05) is 6.07 Å². The SMILES string of the molecule is O=C(NCC12CC3CC(CC(C3)C1)C2)C1CN(Cc2ccc3c(c2)OCCO3)CCN1. The Morgan fingerprint density at radius 1 is 1.06 bits per heavy atom. The van der Waals surface area contributed by atoms with Crippen LogP contribution in [0, 0.1) is 23.2 Å². The van der Waals surface area contributed by atoms with Crippen molar-refractivity contribution < 1.29 is 14.3 Å². The van der Waals surface area contributed by atoms with Crippen molar-refractivity contribution in [3.8, 4) is 11.5 Å². The zero-order chi connectivity index (χ0) is 20.8. The molecule has 2 N–H and O–H groups in total. The minimum absolute atomic E-state index is 0.125. The van der Waals surface area contributed by atoms with E-state index in [0.29, 0.717) is 18.6 Å². The maximum absolute atomic E-state index is 13.0. The van der Waals surface area contributed by atoms with Crippen LogP contribution in [0.1, 0.15) is 44.1 Å². The zero-order valence-corrected chi connectivity index (χ0v) is 18.4. The van der Waals surface area contributed by atoms with Crippen molar-refractivity contribution in [3.05, 3.63) is 23.8 Å². The second-order valence-corrected chi connectivity index (χ2v) is 10.9. The summed E-state index contributed by atoms with van der Waals surface area (Å²) in [5.74, 6) is 4.64. The number of benzene rings is 1. The molecule has 1 saturated heterocycles. The Kier molecular flexibility index (Phi) is 5.10. The van der Waals surface area contributed by atoms with Gasteiger partial charge in [-0.1, -0.05) is 6.07 Å². The molecule has 1 unspecified atom stereocenters. The summed E-state index contributed by atoms with van der Waals surface area (Å²) in [7, 11) is 0. The van der Waals surface area contributed by atoms with Crippen molar-refractivity contribution in [2.45, 2.75) is 51.1 Å². The molecule has 6 aliphatic rings. The average molecular weight is 426 g/mol. The van der Waals surface area contributed by atoms with Crippen LogP contribution in [0.5, 0.6) is 11.5 Å². The van der Waals surface area contributed by atoms with E-state index in [4.69, 9.17) is 9.47 Å². The van der Waals surface area contributed by atoms with E-state index in [0.717, 1.165) is 62.0 Å². The molecule has 0 spiro atoms. The highest BCUT2D eigenvalue weighted by Crippen LogP contribution is 2.59. The van der Waals surface area contributed by atoms with Gasteiger partial charge in [0.25, 0.3) is 0 Å². The topological polar surface area (TPSA) is 62.8 Å². The first-order valence-corrected chi connectivity index (χ1v) is 12.3. The summed E-state index contributed by atoms with van der Waals surface area (Å²) < 4.78 is 11.4. The second kappa shape index (κ2) is 7.96. The Morgan fingerprint density at radius 3 is 2.52 bits per heavy atom. The maximum Gasteiger partial charge on any atom is 0.238 e. The molecule has 1 aromatic carbocycles. The largest absolute Gasteiger partial charge is 0.486 e. The summed E-state index contributed by atoms with van der Waals surface area (Å²) in [6.07, 6.45) is 8.37. The van der Waals surface area contributed by atoms with E-state index in [9.17, 15) is 4.79 Å². The monoisotopic (exact) mass is 425 g/mol. The van der Waals surface area contributed by atoms with E-state index in [-0.39, 0.29) is 11.9 Å². The summed E-state index contributed by atoms with van der Waals surface area (Å²) in [4.78, 5) is 15.4. The molecule has 4 saturated carbocycles. The molecule has 4 aliphatic carbocycles. The molecule has 7 rings (SSSR count). The van der Waals surface area contributed by atoms with Gasteiger partial charge in [-0.05, 0) is 79.4 Å². The first-order valence-electron chi connectivity index (χ1n) is 12.3. The molecule has 31 heavy (non-hydrogen) atoms. The van der Waals surface area contributed by atoms with Crippen LogP contribution in [0.4, 0.5) is 0 Å². The minimum atomic E-state index is -0.125. The van der Waals surface area contributed by atoms with Crippen molar-refractivity contribution in [3.63, 3.8) is 0 Å². The van der Waals surface area contributed by atoms with Crippen LogP contribution in [-0.2, 0) is 11.3 Å². The summed E-state index contributed by atoms with van der Waals surface area (Å²) in [5.41, 5.74) is 1.60. The van der Waals surface area contributed by atoms with E-state index >= 15 is 0 Å². The number of carbonyl (C=O) groups is 1. The van der Waals surface area contributed by atoms with E-state index in [2.05, 4.69) is 27.7 Å². The summed E-state index contributed by atoms with van der Waals surface area (Å²) in [6, 6.07) is 6.07. The Hall–Kier alpha value is -1.79. The third-order valence-corrected chi connectivity index (χ3v) is 8.39. The minimum Gasteiger partial charge on any atom is -0.486 e. The second-order valence-electron chi connectivity index (χ2n) is 10.9. The van der Waals surface area contributed by atoms with Crippen LogP contribution in [0.25, 0.3) is 0 Å². The number of nitrogens with one attached hydrogen (secondary N) is 2. The predicted molar refractivity (Wildman–Crippen MR) is 118 cm³/mol. The Balaban J connectivity index is 1.04. The van der Waals surface area contributed by atoms with Crippen LogP contribution >= 0.6 is 0 Å². The van der Waals surface area contributed by atoms with Gasteiger partial charge in [0.1, 0.15) is 13.2 Å². The molecule has 2 heterocycles. The summed E-state index contributed by atoms with van der Waals surface area (Å²) in [5, 5.41) is 6.81. The number of amides is 1. The molecule has 1 aromatic rings. The zero-order valence-electron chi connectivity index (χ0n) is 18.4. The number of nitrogens with zero attached hydrogens (tertiary/aromatic N) is 1. The van der Waals surface area contributed by atoms with Crippen molar-refractivity contribution in [2.24, 2.45) is 23.2 Å². The Bertz CT molecular complexity index is 806. The number of carbonyl (C=O) groups excluding carboxylic acids is 1. The van der Waals surface area contributed by atoms with Gasteiger partial charge < -0.3 is 20.1 Å². The summed E-state index contributed by atoms with van der Waals surface area (Å²) in [6.45, 7) is 5.49. The van der Waals surface area contributed by atoms with Crippen LogP contribution in [0.2, 0.25) is 0 Å². The lowest BCUT2D eigenvalue weighted by molar-refractivity contribution is -0.126. The summed E-state index contributed by atoms with van der Waals surface area (Å²) >= 11 is 0. The number of fused-ring (bicyclic) bond motifs is 1. The van der Waals surface area contributed by atoms with Gasteiger partial charge in [-0.2, -0.15) is 0 Å². The lowest BCUT2D eigenvalue weighted by Crippen LogP contribution is -2.58. The van der Waals surface area contributed by atoms with Gasteiger partial charge in [-0.3, -0.25) is 9.69 Å². The van der Waals surface area contributed by atoms with E-state index in [1.165, 1.54) is 44.1 Å². The van der Waals surface area contributed by atoms with Gasteiger partial charge in [-0.25, -0.2) is 0 Å². The van der Waals surface area contributed by atoms with Crippen LogP contribution in [-0.4, -0.2) is 56.2 Å². The van der Waals surface area contributed by atoms with Crippen LogP contribution in [0.15, 0.2) is 18.2 Å². The molecular formula is C25H35N3O3. The van der Waals surface area contributed by atoms with Crippen molar-refractivity contribution in [1.29, 1.82) is 0 Å². The fourth-order valence-electron chi connectivity index (χ4n) is 7.48. The molecule has 0 radical (unpaired) electrons. The van der Waals surface area contributed by atoms with Gasteiger partial charge in [0.15, 0.2) is 11.5 Å². The number of hydrogen-bond acceptors (Lipinski definition) is 5. The number of piperazine rings is 1. The molecule has 2 aliphatic heterocycles. The quantitative estimate of drug-likeness (QED) is 0.759. The molecule has 1 atom stereocenters. The van der Waals surface area contributed by atoms with Gasteiger partial charge in [0.05, 0.1) is 6.04 Å². The molecular weight excluding hydrogens is 390 g/mol. The number of hydrogen-bond donors (Lipinski definition) is 2. The normalized spacial score (nSPS) is 36.4. The van der Waals surface area contributed by atoms with Gasteiger partial charge >= 0.3 is 0 Å². The first kappa shape index (κ1) is 19.9. The van der Waals surface area contributed by atoms with E-state index in [1.54, 1.807) is 0 Å². The molecule has 6 nitrogen and oxygen atoms in total. The van der Waals surface area contributed by atoms with Crippen LogP contribution in [0.3, 0.4) is 0 Å². The third-order valence-electron chi connectivity index (χ3n) is 8.39.